The lowest BCUT2D eigenvalue weighted by Crippen LogP contribution is -2.37. The summed E-state index contributed by atoms with van der Waals surface area (Å²) in [4.78, 5) is 29.4. The molecule has 0 amide bonds. The predicted molar refractivity (Wildman–Crippen MR) is 109 cm³/mol. The van der Waals surface area contributed by atoms with Crippen molar-refractivity contribution in [1.82, 2.24) is 18.7 Å². The zero-order valence-corrected chi connectivity index (χ0v) is 16.6. The van der Waals surface area contributed by atoms with E-state index in [-0.39, 0.29) is 11.5 Å². The lowest BCUT2D eigenvalue weighted by molar-refractivity contribution is 0.415. The summed E-state index contributed by atoms with van der Waals surface area (Å²) in [6, 6.07) is 7.44. The minimum atomic E-state index is -0.417. The molecule has 0 bridgehead atoms. The van der Waals surface area contributed by atoms with Crippen LogP contribution in [-0.2, 0) is 20.6 Å². The maximum Gasteiger partial charge on any atom is 0.332 e. The average molecular weight is 384 g/mol. The van der Waals surface area contributed by atoms with Crippen LogP contribution in [0.15, 0.2) is 39.0 Å². The predicted octanol–water partition coefficient (Wildman–Crippen LogP) is 1.54. The zero-order chi connectivity index (χ0) is 20.4. The molecule has 9 nitrogen and oxygen atoms in total. The summed E-state index contributed by atoms with van der Waals surface area (Å²) in [5.41, 5.74) is 3.69. The van der Waals surface area contributed by atoms with Gasteiger partial charge in [-0.25, -0.2) is 10.2 Å². The van der Waals surface area contributed by atoms with Crippen molar-refractivity contribution in [3.63, 3.8) is 0 Å². The molecule has 9 heteroatoms. The van der Waals surface area contributed by atoms with Crippen molar-refractivity contribution in [2.24, 2.45) is 25.1 Å². The van der Waals surface area contributed by atoms with Crippen molar-refractivity contribution in [2.75, 3.05) is 12.5 Å². The van der Waals surface area contributed by atoms with Crippen LogP contribution in [0.2, 0.25) is 0 Å². The summed E-state index contributed by atoms with van der Waals surface area (Å²) in [6.45, 7) is 4.65. The highest BCUT2D eigenvalue weighted by Gasteiger charge is 2.19. The summed E-state index contributed by atoms with van der Waals surface area (Å²) in [5.74, 6) is 1.44. The van der Waals surface area contributed by atoms with Gasteiger partial charge in [0, 0.05) is 20.6 Å². The fraction of sp³-hybridized carbons (Fsp3) is 0.368. The number of anilines is 1. The Morgan fingerprint density at radius 1 is 1.18 bits per heavy atom. The highest BCUT2D eigenvalue weighted by atomic mass is 16.5. The highest BCUT2D eigenvalue weighted by Crippen LogP contribution is 2.18. The smallest absolute Gasteiger partial charge is 0.332 e. The first kappa shape index (κ1) is 19.4. The minimum absolute atomic E-state index is 0.269. The van der Waals surface area contributed by atoms with Gasteiger partial charge in [0.25, 0.3) is 5.56 Å². The number of nitrogens with one attached hydrogen (secondary N) is 1. The molecule has 1 aromatic carbocycles. The van der Waals surface area contributed by atoms with Crippen LogP contribution < -0.4 is 21.4 Å². The first-order chi connectivity index (χ1) is 13.3. The van der Waals surface area contributed by atoms with Crippen LogP contribution in [0.25, 0.3) is 11.2 Å². The Balaban J connectivity index is 2.03. The van der Waals surface area contributed by atoms with Crippen molar-refractivity contribution < 1.29 is 4.74 Å². The van der Waals surface area contributed by atoms with Crippen LogP contribution in [0.3, 0.4) is 0 Å². The Bertz CT molecular complexity index is 1140. The lowest BCUT2D eigenvalue weighted by Gasteiger charge is -2.11. The van der Waals surface area contributed by atoms with E-state index in [4.69, 9.17) is 4.74 Å². The fourth-order valence-corrected chi connectivity index (χ4v) is 2.93. The third-order valence-electron chi connectivity index (χ3n) is 4.39. The van der Waals surface area contributed by atoms with Gasteiger partial charge in [0.05, 0.1) is 13.3 Å². The summed E-state index contributed by atoms with van der Waals surface area (Å²) >= 11 is 0. The van der Waals surface area contributed by atoms with Gasteiger partial charge in [-0.15, -0.1) is 0 Å². The molecule has 3 rings (SSSR count). The number of imidazole rings is 1. The molecule has 2 heterocycles. The number of aromatic nitrogens is 4. The molecule has 0 fully saturated rings. The van der Waals surface area contributed by atoms with Crippen LogP contribution in [0, 0.1) is 5.92 Å². The van der Waals surface area contributed by atoms with E-state index < -0.39 is 5.69 Å². The lowest BCUT2D eigenvalue weighted by atomic mass is 10.2. The van der Waals surface area contributed by atoms with Gasteiger partial charge in [-0.05, 0) is 35.7 Å². The average Bonchev–Trinajstić information content (AvgIpc) is 3.03. The van der Waals surface area contributed by atoms with Gasteiger partial charge in [-0.2, -0.15) is 10.1 Å². The number of fused-ring (bicyclic) bond motifs is 1. The zero-order valence-electron chi connectivity index (χ0n) is 16.6. The van der Waals surface area contributed by atoms with Crippen molar-refractivity contribution in [3.05, 3.63) is 50.7 Å². The second-order valence-electron chi connectivity index (χ2n) is 6.96. The SMILES string of the molecule is COc1ccc(C=NNc2nc3c(c(=O)n(C)c(=O)n3C)n2CC(C)C)cc1. The highest BCUT2D eigenvalue weighted by molar-refractivity contribution is 5.80. The van der Waals surface area contributed by atoms with Crippen LogP contribution >= 0.6 is 0 Å². The van der Waals surface area contributed by atoms with Crippen LogP contribution in [0.5, 0.6) is 5.75 Å². The summed E-state index contributed by atoms with van der Waals surface area (Å²) < 4.78 is 9.36. The molecular weight excluding hydrogens is 360 g/mol. The van der Waals surface area contributed by atoms with Gasteiger partial charge in [-0.1, -0.05) is 13.8 Å². The molecule has 148 valence electrons. The van der Waals surface area contributed by atoms with Gasteiger partial charge in [0.15, 0.2) is 11.2 Å². The molecule has 0 aliphatic carbocycles. The Morgan fingerprint density at radius 3 is 2.46 bits per heavy atom. The standard InChI is InChI=1S/C19H24N6O3/c1-12(2)11-25-15-16(23(3)19(27)24(4)17(15)26)21-18(25)22-20-10-13-6-8-14(28-5)9-7-13/h6-10,12H,11H2,1-5H3,(H,21,22). The van der Waals surface area contributed by atoms with Gasteiger partial charge in [0.1, 0.15) is 5.75 Å². The number of hydrogen-bond donors (Lipinski definition) is 1. The van der Waals surface area contributed by atoms with E-state index in [0.717, 1.165) is 15.9 Å². The Kier molecular flexibility index (Phi) is 5.34. The third-order valence-corrected chi connectivity index (χ3v) is 4.39. The molecule has 2 aromatic heterocycles. The Hall–Kier alpha value is -3.36. The van der Waals surface area contributed by atoms with Gasteiger partial charge < -0.3 is 9.30 Å². The number of aryl methyl sites for hydroxylation is 1. The molecule has 0 unspecified atom stereocenters. The topological polar surface area (TPSA) is 95.4 Å². The number of ether oxygens (including phenoxy) is 1. The molecule has 0 atom stereocenters. The number of hydrazone groups is 1. The van der Waals surface area contributed by atoms with Crippen molar-refractivity contribution in [1.29, 1.82) is 0 Å². The normalized spacial score (nSPS) is 11.6. The molecule has 0 aliphatic heterocycles. The molecule has 1 N–H and O–H groups in total. The van der Waals surface area contributed by atoms with Crippen molar-refractivity contribution in [2.45, 2.75) is 20.4 Å². The monoisotopic (exact) mass is 384 g/mol. The second kappa shape index (κ2) is 7.71. The van der Waals surface area contributed by atoms with Crippen molar-refractivity contribution >= 4 is 23.3 Å². The van der Waals surface area contributed by atoms with Gasteiger partial charge >= 0.3 is 5.69 Å². The summed E-state index contributed by atoms with van der Waals surface area (Å²) in [5, 5.41) is 4.24. The van der Waals surface area contributed by atoms with Crippen LogP contribution in [0.4, 0.5) is 5.95 Å². The maximum atomic E-state index is 12.7. The molecule has 0 aliphatic rings. The van der Waals surface area contributed by atoms with E-state index in [1.807, 2.05) is 38.1 Å². The minimum Gasteiger partial charge on any atom is -0.497 e. The van der Waals surface area contributed by atoms with Crippen LogP contribution in [0.1, 0.15) is 19.4 Å². The van der Waals surface area contributed by atoms with Gasteiger partial charge in [0.2, 0.25) is 5.95 Å². The van der Waals surface area contributed by atoms with Crippen LogP contribution in [-0.4, -0.2) is 32.0 Å². The van der Waals surface area contributed by atoms with E-state index in [1.165, 1.54) is 11.6 Å². The Labute approximate surface area is 161 Å². The largest absolute Gasteiger partial charge is 0.497 e. The van der Waals surface area contributed by atoms with E-state index >= 15 is 0 Å². The van der Waals surface area contributed by atoms with Crippen molar-refractivity contribution in [3.8, 4) is 5.75 Å². The molecular formula is C19H24N6O3. The van der Waals surface area contributed by atoms with Gasteiger partial charge in [-0.3, -0.25) is 13.9 Å². The van der Waals surface area contributed by atoms with E-state index in [0.29, 0.717) is 23.7 Å². The number of benzene rings is 1. The number of rotatable bonds is 6. The number of methoxy groups -OCH3 is 1. The second-order valence-corrected chi connectivity index (χ2v) is 6.96. The molecule has 0 spiro atoms. The third kappa shape index (κ3) is 3.55. The molecule has 0 radical (unpaired) electrons. The quantitative estimate of drug-likeness (QED) is 0.514. The molecule has 3 aromatic rings. The van der Waals surface area contributed by atoms with E-state index in [9.17, 15) is 9.59 Å². The summed E-state index contributed by atoms with van der Waals surface area (Å²) in [6.07, 6.45) is 1.65. The fourth-order valence-electron chi connectivity index (χ4n) is 2.93. The molecule has 28 heavy (non-hydrogen) atoms. The number of hydrogen-bond acceptors (Lipinski definition) is 6. The summed E-state index contributed by atoms with van der Waals surface area (Å²) in [7, 11) is 4.68. The number of nitrogens with zero attached hydrogens (tertiary/aromatic N) is 5. The Morgan fingerprint density at radius 2 is 1.86 bits per heavy atom. The maximum absolute atomic E-state index is 12.7. The first-order valence-electron chi connectivity index (χ1n) is 8.92. The van der Waals surface area contributed by atoms with E-state index in [2.05, 4.69) is 15.5 Å². The molecule has 0 saturated carbocycles. The molecule has 0 saturated heterocycles. The first-order valence-corrected chi connectivity index (χ1v) is 8.92. The van der Waals surface area contributed by atoms with E-state index in [1.54, 1.807) is 24.9 Å².